The number of carboxylic acids is 1. The number of thioether (sulfide) groups is 1. The van der Waals surface area contributed by atoms with E-state index in [9.17, 15) is 9.59 Å². The minimum atomic E-state index is -0.894. The topological polar surface area (TPSA) is 66.4 Å². The smallest absolute Gasteiger partial charge is 0.305 e. The van der Waals surface area contributed by atoms with Gasteiger partial charge in [-0.3, -0.25) is 9.59 Å². The van der Waals surface area contributed by atoms with Crippen LogP contribution in [0.25, 0.3) is 0 Å². The zero-order valence-corrected chi connectivity index (χ0v) is 13.0. The van der Waals surface area contributed by atoms with Crippen molar-refractivity contribution in [2.75, 3.05) is 5.75 Å². The van der Waals surface area contributed by atoms with Crippen LogP contribution in [0.15, 0.2) is 0 Å². The molecule has 0 aromatic rings. The Labute approximate surface area is 114 Å². The van der Waals surface area contributed by atoms with Gasteiger partial charge in [0.15, 0.2) is 0 Å². The van der Waals surface area contributed by atoms with E-state index in [2.05, 4.69) is 5.32 Å². The van der Waals surface area contributed by atoms with Gasteiger partial charge in [-0.25, -0.2) is 0 Å². The number of rotatable bonds is 6. The van der Waals surface area contributed by atoms with E-state index in [1.807, 2.05) is 34.6 Å². The van der Waals surface area contributed by atoms with Crippen molar-refractivity contribution in [2.24, 2.45) is 5.92 Å². The molecule has 0 aromatic carbocycles. The molecule has 0 heterocycles. The molecule has 0 saturated carbocycles. The number of hydrogen-bond acceptors (Lipinski definition) is 3. The zero-order chi connectivity index (χ0) is 14.6. The van der Waals surface area contributed by atoms with Gasteiger partial charge in [0, 0.05) is 10.3 Å². The third kappa shape index (κ3) is 6.89. The van der Waals surface area contributed by atoms with E-state index in [0.717, 1.165) is 0 Å². The summed E-state index contributed by atoms with van der Waals surface area (Å²) in [5.41, 5.74) is -0.693. The van der Waals surface area contributed by atoms with Crippen LogP contribution in [-0.2, 0) is 9.59 Å². The van der Waals surface area contributed by atoms with Gasteiger partial charge in [0.2, 0.25) is 5.91 Å². The molecule has 0 aliphatic carbocycles. The molecule has 0 spiro atoms. The fourth-order valence-electron chi connectivity index (χ4n) is 1.34. The second-order valence-electron chi connectivity index (χ2n) is 6.09. The van der Waals surface area contributed by atoms with Crippen LogP contribution in [0.3, 0.4) is 0 Å². The van der Waals surface area contributed by atoms with Crippen molar-refractivity contribution >= 4 is 23.6 Å². The maximum absolute atomic E-state index is 11.9. The van der Waals surface area contributed by atoms with Gasteiger partial charge < -0.3 is 10.4 Å². The molecule has 4 nitrogen and oxygen atoms in total. The Kier molecular flexibility index (Phi) is 6.20. The number of carbonyl (C=O) groups is 2. The van der Waals surface area contributed by atoms with E-state index in [4.69, 9.17) is 5.11 Å². The van der Waals surface area contributed by atoms with Crippen LogP contribution in [0, 0.1) is 5.92 Å². The molecule has 0 aromatic heterocycles. The number of hydrogen-bond donors (Lipinski definition) is 2. The largest absolute Gasteiger partial charge is 0.481 e. The van der Waals surface area contributed by atoms with Gasteiger partial charge in [-0.1, -0.05) is 34.6 Å². The minimum Gasteiger partial charge on any atom is -0.481 e. The summed E-state index contributed by atoms with van der Waals surface area (Å²) >= 11 is 1.55. The first-order valence-corrected chi connectivity index (χ1v) is 7.11. The monoisotopic (exact) mass is 275 g/mol. The quantitative estimate of drug-likeness (QED) is 0.781. The van der Waals surface area contributed by atoms with Gasteiger partial charge in [-0.15, -0.1) is 11.8 Å². The van der Waals surface area contributed by atoms with Crippen molar-refractivity contribution in [3.63, 3.8) is 0 Å². The highest BCUT2D eigenvalue weighted by Crippen LogP contribution is 2.24. The summed E-state index contributed by atoms with van der Waals surface area (Å²) in [5.74, 6) is -0.578. The molecule has 0 bridgehead atoms. The SMILES string of the molecule is CC(C)C(C)(CC(=O)O)NC(=O)CSC(C)(C)C. The standard InChI is InChI=1S/C13H25NO3S/c1-9(2)13(6,7-11(16)17)14-10(15)8-18-12(3,4)5/h9H,7-8H2,1-6H3,(H,14,15)(H,16,17). The molecule has 0 radical (unpaired) electrons. The normalized spacial score (nSPS) is 15.3. The Morgan fingerprint density at radius 3 is 2.06 bits per heavy atom. The first kappa shape index (κ1) is 17.3. The average molecular weight is 275 g/mol. The Balaban J connectivity index is 4.51. The maximum atomic E-state index is 11.9. The van der Waals surface area contributed by atoms with E-state index >= 15 is 0 Å². The lowest BCUT2D eigenvalue weighted by Crippen LogP contribution is -2.52. The molecule has 0 aliphatic rings. The van der Waals surface area contributed by atoms with Gasteiger partial charge in [-0.05, 0) is 12.8 Å². The van der Waals surface area contributed by atoms with Crippen LogP contribution in [-0.4, -0.2) is 33.0 Å². The maximum Gasteiger partial charge on any atom is 0.305 e. The first-order valence-electron chi connectivity index (χ1n) is 6.13. The fourth-order valence-corrected chi connectivity index (χ4v) is 1.98. The second kappa shape index (κ2) is 6.45. The number of carbonyl (C=O) groups excluding carboxylic acids is 1. The third-order valence-electron chi connectivity index (χ3n) is 2.85. The van der Waals surface area contributed by atoms with E-state index in [1.54, 1.807) is 18.7 Å². The summed E-state index contributed by atoms with van der Waals surface area (Å²) in [6, 6.07) is 0. The van der Waals surface area contributed by atoms with E-state index in [0.29, 0.717) is 5.75 Å². The van der Waals surface area contributed by atoms with Crippen molar-refractivity contribution in [1.29, 1.82) is 0 Å². The zero-order valence-electron chi connectivity index (χ0n) is 12.2. The van der Waals surface area contributed by atoms with E-state index < -0.39 is 11.5 Å². The second-order valence-corrected chi connectivity index (χ2v) is 7.89. The molecule has 0 saturated heterocycles. The predicted octanol–water partition coefficient (Wildman–Crippen LogP) is 2.52. The Bertz CT molecular complexity index is 310. The lowest BCUT2D eigenvalue weighted by Gasteiger charge is -2.33. The predicted molar refractivity (Wildman–Crippen MR) is 75.8 cm³/mol. The van der Waals surface area contributed by atoms with Gasteiger partial charge >= 0.3 is 5.97 Å². The fraction of sp³-hybridized carbons (Fsp3) is 0.846. The Morgan fingerprint density at radius 2 is 1.72 bits per heavy atom. The van der Waals surface area contributed by atoms with Gasteiger partial charge in [0.25, 0.3) is 0 Å². The van der Waals surface area contributed by atoms with Crippen molar-refractivity contribution in [1.82, 2.24) is 5.32 Å². The van der Waals surface area contributed by atoms with Crippen molar-refractivity contribution in [3.8, 4) is 0 Å². The van der Waals surface area contributed by atoms with Crippen LogP contribution < -0.4 is 5.32 Å². The lowest BCUT2D eigenvalue weighted by molar-refractivity contribution is -0.139. The third-order valence-corrected chi connectivity index (χ3v) is 4.13. The summed E-state index contributed by atoms with van der Waals surface area (Å²) in [4.78, 5) is 22.7. The van der Waals surface area contributed by atoms with Gasteiger partial charge in [-0.2, -0.15) is 0 Å². The summed E-state index contributed by atoms with van der Waals surface area (Å²) < 4.78 is 0.0262. The molecule has 2 N–H and O–H groups in total. The van der Waals surface area contributed by atoms with Crippen molar-refractivity contribution in [3.05, 3.63) is 0 Å². The minimum absolute atomic E-state index is 0.0262. The molecule has 0 fully saturated rings. The summed E-state index contributed by atoms with van der Waals surface area (Å²) in [6.07, 6.45) is -0.0589. The lowest BCUT2D eigenvalue weighted by atomic mass is 9.85. The van der Waals surface area contributed by atoms with E-state index in [-0.39, 0.29) is 23.0 Å². The summed E-state index contributed by atoms with van der Waals surface area (Å²) in [7, 11) is 0. The number of nitrogens with one attached hydrogen (secondary N) is 1. The molecule has 1 unspecified atom stereocenters. The molecule has 18 heavy (non-hydrogen) atoms. The summed E-state index contributed by atoms with van der Waals surface area (Å²) in [6.45, 7) is 11.8. The van der Waals surface area contributed by atoms with Crippen LogP contribution in [0.5, 0.6) is 0 Å². The highest BCUT2D eigenvalue weighted by atomic mass is 32.2. The highest BCUT2D eigenvalue weighted by Gasteiger charge is 2.32. The van der Waals surface area contributed by atoms with E-state index in [1.165, 1.54) is 0 Å². The van der Waals surface area contributed by atoms with Crippen molar-refractivity contribution in [2.45, 2.75) is 58.2 Å². The number of aliphatic carboxylic acids is 1. The number of carboxylic acid groups (broad SMARTS) is 1. The molecular weight excluding hydrogens is 250 g/mol. The molecule has 1 atom stereocenters. The molecule has 5 heteroatoms. The van der Waals surface area contributed by atoms with Crippen LogP contribution in [0.1, 0.15) is 48.0 Å². The van der Waals surface area contributed by atoms with Crippen LogP contribution in [0.4, 0.5) is 0 Å². The van der Waals surface area contributed by atoms with Crippen LogP contribution in [0.2, 0.25) is 0 Å². The molecule has 0 rings (SSSR count). The van der Waals surface area contributed by atoms with Crippen LogP contribution >= 0.6 is 11.8 Å². The highest BCUT2D eigenvalue weighted by molar-refractivity contribution is 8.01. The van der Waals surface area contributed by atoms with Gasteiger partial charge in [0.1, 0.15) is 0 Å². The Morgan fingerprint density at radius 1 is 1.22 bits per heavy atom. The average Bonchev–Trinajstić information content (AvgIpc) is 2.11. The first-order chi connectivity index (χ1) is 7.96. The Hall–Kier alpha value is -0.710. The van der Waals surface area contributed by atoms with Gasteiger partial charge in [0.05, 0.1) is 12.2 Å². The summed E-state index contributed by atoms with van der Waals surface area (Å²) in [5, 5.41) is 11.8. The number of amides is 1. The molecule has 106 valence electrons. The molecule has 1 amide bonds. The molecular formula is C13H25NO3S. The van der Waals surface area contributed by atoms with Crippen molar-refractivity contribution < 1.29 is 14.7 Å². The molecule has 0 aliphatic heterocycles.